The molecule has 130 valence electrons. The van der Waals surface area contributed by atoms with Crippen LogP contribution in [-0.2, 0) is 4.79 Å². The van der Waals surface area contributed by atoms with E-state index in [1.54, 1.807) is 18.2 Å². The molecule has 2 rings (SSSR count). The molecule has 6 nitrogen and oxygen atoms in total. The Bertz CT molecular complexity index is 900. The van der Waals surface area contributed by atoms with Crippen LogP contribution in [0.2, 0.25) is 10.0 Å². The van der Waals surface area contributed by atoms with E-state index in [0.29, 0.717) is 15.6 Å². The molecule has 2 aromatic rings. The Labute approximate surface area is 153 Å². The molecule has 1 heterocycles. The van der Waals surface area contributed by atoms with Crippen molar-refractivity contribution in [2.24, 2.45) is 5.73 Å². The fourth-order valence-electron chi connectivity index (χ4n) is 2.25. The highest BCUT2D eigenvalue weighted by molar-refractivity contribution is 6.35. The maximum Gasteiger partial charge on any atom is 0.255 e. The molecule has 1 aromatic heterocycles. The van der Waals surface area contributed by atoms with E-state index in [9.17, 15) is 14.4 Å². The number of primary amides is 1. The van der Waals surface area contributed by atoms with Gasteiger partial charge in [-0.25, -0.2) is 0 Å². The van der Waals surface area contributed by atoms with Gasteiger partial charge in [0.05, 0.1) is 5.56 Å². The van der Waals surface area contributed by atoms with Crippen LogP contribution in [0.3, 0.4) is 0 Å². The number of hydrogen-bond donors (Lipinski definition) is 2. The summed E-state index contributed by atoms with van der Waals surface area (Å²) in [4.78, 5) is 35.3. The highest BCUT2D eigenvalue weighted by Crippen LogP contribution is 2.27. The van der Waals surface area contributed by atoms with Crippen molar-refractivity contribution in [3.63, 3.8) is 0 Å². The van der Waals surface area contributed by atoms with Gasteiger partial charge >= 0.3 is 0 Å². The second-order valence-corrected chi connectivity index (χ2v) is 5.99. The van der Waals surface area contributed by atoms with Crippen molar-refractivity contribution in [3.8, 4) is 0 Å². The standard InChI is InChI=1S/C17H14Cl2N2O4/c1-8(22)14-9(2)25-17(15(14)16(20)24)21-13(23)6-4-10-3-5-11(18)7-12(10)19/h3-7H,1-2H3,(H2,20,24)(H,21,23)/b6-4+. The number of nitrogens with two attached hydrogens (primary N) is 1. The quantitative estimate of drug-likeness (QED) is 0.607. The lowest BCUT2D eigenvalue weighted by molar-refractivity contribution is -0.111. The molecular weight excluding hydrogens is 367 g/mol. The number of amides is 2. The third kappa shape index (κ3) is 4.29. The number of nitrogens with one attached hydrogen (secondary N) is 1. The third-order valence-corrected chi connectivity index (χ3v) is 3.86. The van der Waals surface area contributed by atoms with Gasteiger partial charge in [-0.3, -0.25) is 19.7 Å². The van der Waals surface area contributed by atoms with Crippen LogP contribution in [0.5, 0.6) is 0 Å². The van der Waals surface area contributed by atoms with Gasteiger partial charge < -0.3 is 10.2 Å². The summed E-state index contributed by atoms with van der Waals surface area (Å²) >= 11 is 11.8. The number of halogens is 2. The second-order valence-electron chi connectivity index (χ2n) is 5.15. The summed E-state index contributed by atoms with van der Waals surface area (Å²) in [5.41, 5.74) is 5.76. The van der Waals surface area contributed by atoms with Crippen molar-refractivity contribution in [2.75, 3.05) is 5.32 Å². The van der Waals surface area contributed by atoms with Crippen LogP contribution >= 0.6 is 23.2 Å². The van der Waals surface area contributed by atoms with Crippen molar-refractivity contribution >= 4 is 52.8 Å². The van der Waals surface area contributed by atoms with Gasteiger partial charge in [-0.2, -0.15) is 0 Å². The van der Waals surface area contributed by atoms with E-state index in [1.165, 1.54) is 26.0 Å². The molecule has 0 radical (unpaired) electrons. The topological polar surface area (TPSA) is 102 Å². The molecule has 0 aliphatic rings. The van der Waals surface area contributed by atoms with Gasteiger partial charge in [-0.05, 0) is 37.6 Å². The van der Waals surface area contributed by atoms with Gasteiger partial charge in [0.15, 0.2) is 5.78 Å². The van der Waals surface area contributed by atoms with Crippen LogP contribution in [0.4, 0.5) is 5.88 Å². The maximum atomic E-state index is 12.1. The summed E-state index contributed by atoms with van der Waals surface area (Å²) in [5.74, 6) is -1.83. The van der Waals surface area contributed by atoms with Crippen molar-refractivity contribution < 1.29 is 18.8 Å². The molecule has 0 unspecified atom stereocenters. The van der Waals surface area contributed by atoms with Gasteiger partial charge in [0.2, 0.25) is 5.88 Å². The minimum atomic E-state index is -0.873. The number of carbonyl (C=O) groups excluding carboxylic acids is 3. The molecule has 0 bridgehead atoms. The number of furan rings is 1. The van der Waals surface area contributed by atoms with Gasteiger partial charge in [0.1, 0.15) is 11.3 Å². The maximum absolute atomic E-state index is 12.1. The minimum Gasteiger partial charge on any atom is -0.444 e. The number of benzene rings is 1. The number of anilines is 1. The van der Waals surface area contributed by atoms with Crippen LogP contribution in [0.15, 0.2) is 28.7 Å². The van der Waals surface area contributed by atoms with E-state index in [4.69, 9.17) is 33.4 Å². The lowest BCUT2D eigenvalue weighted by atomic mass is 10.1. The second kappa shape index (κ2) is 7.55. The highest BCUT2D eigenvalue weighted by atomic mass is 35.5. The van der Waals surface area contributed by atoms with Crippen LogP contribution < -0.4 is 11.1 Å². The molecule has 25 heavy (non-hydrogen) atoms. The molecule has 1 aromatic carbocycles. The molecule has 0 aliphatic heterocycles. The first-order valence-electron chi connectivity index (χ1n) is 7.09. The van der Waals surface area contributed by atoms with E-state index >= 15 is 0 Å². The van der Waals surface area contributed by atoms with Gasteiger partial charge in [0, 0.05) is 16.1 Å². The largest absolute Gasteiger partial charge is 0.444 e. The first kappa shape index (κ1) is 18.8. The van der Waals surface area contributed by atoms with E-state index in [1.807, 2.05) is 0 Å². The monoisotopic (exact) mass is 380 g/mol. The van der Waals surface area contributed by atoms with Crippen molar-refractivity contribution in [1.82, 2.24) is 0 Å². The van der Waals surface area contributed by atoms with E-state index in [-0.39, 0.29) is 28.6 Å². The summed E-state index contributed by atoms with van der Waals surface area (Å²) in [6.07, 6.45) is 2.67. The Balaban J connectivity index is 2.26. The van der Waals surface area contributed by atoms with Crippen LogP contribution in [0.1, 0.15) is 39.0 Å². The zero-order valence-electron chi connectivity index (χ0n) is 13.4. The number of aryl methyl sites for hydroxylation is 1. The molecule has 8 heteroatoms. The van der Waals surface area contributed by atoms with Gasteiger partial charge in [-0.15, -0.1) is 0 Å². The Morgan fingerprint density at radius 3 is 2.44 bits per heavy atom. The van der Waals surface area contributed by atoms with Crippen molar-refractivity contribution in [1.29, 1.82) is 0 Å². The smallest absolute Gasteiger partial charge is 0.255 e. The molecule has 2 amide bonds. The van der Waals surface area contributed by atoms with Crippen molar-refractivity contribution in [3.05, 3.63) is 56.8 Å². The zero-order chi connectivity index (χ0) is 18.7. The molecule has 0 fully saturated rings. The predicted octanol–water partition coefficient (Wildman–Crippen LogP) is 3.85. The molecule has 0 atom stereocenters. The van der Waals surface area contributed by atoms with Crippen LogP contribution in [0.25, 0.3) is 6.08 Å². The summed E-state index contributed by atoms with van der Waals surface area (Å²) < 4.78 is 5.30. The lowest BCUT2D eigenvalue weighted by Crippen LogP contribution is -2.18. The number of ketones is 1. The molecule has 0 saturated heterocycles. The van der Waals surface area contributed by atoms with E-state index in [2.05, 4.69) is 5.32 Å². The van der Waals surface area contributed by atoms with Gasteiger partial charge in [0.25, 0.3) is 11.8 Å². The molecule has 3 N–H and O–H groups in total. The predicted molar refractivity (Wildman–Crippen MR) is 96.1 cm³/mol. The Hall–Kier alpha value is -2.57. The third-order valence-electron chi connectivity index (χ3n) is 3.30. The normalized spacial score (nSPS) is 10.9. The van der Waals surface area contributed by atoms with Crippen molar-refractivity contribution in [2.45, 2.75) is 13.8 Å². The SMILES string of the molecule is CC(=O)c1c(C)oc(NC(=O)/C=C/c2ccc(Cl)cc2Cl)c1C(N)=O. The summed E-state index contributed by atoms with van der Waals surface area (Å²) in [6.45, 7) is 2.78. The molecule has 0 spiro atoms. The Morgan fingerprint density at radius 1 is 1.20 bits per heavy atom. The average molecular weight is 381 g/mol. The molecular formula is C17H14Cl2N2O4. The fraction of sp³-hybridized carbons (Fsp3) is 0.118. The van der Waals surface area contributed by atoms with Crippen LogP contribution in [0, 0.1) is 6.92 Å². The molecule has 0 saturated carbocycles. The number of hydrogen-bond acceptors (Lipinski definition) is 4. The van der Waals surface area contributed by atoms with E-state index < -0.39 is 11.8 Å². The summed E-state index contributed by atoms with van der Waals surface area (Å²) in [7, 11) is 0. The minimum absolute atomic E-state index is 0.0486. The van der Waals surface area contributed by atoms with Gasteiger partial charge in [-0.1, -0.05) is 29.3 Å². The number of rotatable bonds is 5. The first-order chi connectivity index (χ1) is 11.7. The fourth-order valence-corrected chi connectivity index (χ4v) is 2.72. The summed E-state index contributed by atoms with van der Waals surface area (Å²) in [6, 6.07) is 4.82. The zero-order valence-corrected chi connectivity index (χ0v) is 14.9. The van der Waals surface area contributed by atoms with E-state index in [0.717, 1.165) is 0 Å². The number of Topliss-reactive ketones (excluding diaryl/α,β-unsaturated/α-hetero) is 1. The Kier molecular flexibility index (Phi) is 5.66. The number of carbonyl (C=O) groups is 3. The summed E-state index contributed by atoms with van der Waals surface area (Å²) in [5, 5.41) is 3.24. The highest BCUT2D eigenvalue weighted by Gasteiger charge is 2.25. The lowest BCUT2D eigenvalue weighted by Gasteiger charge is -2.02. The Morgan fingerprint density at radius 2 is 1.88 bits per heavy atom. The van der Waals surface area contributed by atoms with Crippen LogP contribution in [-0.4, -0.2) is 17.6 Å². The first-order valence-corrected chi connectivity index (χ1v) is 7.84. The average Bonchev–Trinajstić information content (AvgIpc) is 2.82. The molecule has 0 aliphatic carbocycles.